The normalized spacial score (nSPS) is 16.3. The SMILES string of the molecule is C[N+](C)(C)C(Br)CO[P+](=O)O. The van der Waals surface area contributed by atoms with Gasteiger partial charge in [0, 0.05) is 4.57 Å². The lowest BCUT2D eigenvalue weighted by molar-refractivity contribution is -0.879. The Morgan fingerprint density at radius 3 is 2.36 bits per heavy atom. The number of hydrogen-bond acceptors (Lipinski definition) is 2. The fourth-order valence-corrected chi connectivity index (χ4v) is 0.954. The van der Waals surface area contributed by atoms with Crippen molar-refractivity contribution in [2.75, 3.05) is 27.7 Å². The van der Waals surface area contributed by atoms with Crippen LogP contribution in [0.15, 0.2) is 0 Å². The molecule has 0 aromatic rings. The molecule has 1 N–H and O–H groups in total. The smallest absolute Gasteiger partial charge is 0.318 e. The van der Waals surface area contributed by atoms with Crippen molar-refractivity contribution in [3.63, 3.8) is 0 Å². The lowest BCUT2D eigenvalue weighted by Gasteiger charge is -2.28. The van der Waals surface area contributed by atoms with Crippen LogP contribution in [0, 0.1) is 0 Å². The Bertz CT molecular complexity index is 147. The van der Waals surface area contributed by atoms with Crippen molar-refractivity contribution in [1.29, 1.82) is 0 Å². The molecule has 0 aliphatic carbocycles. The summed E-state index contributed by atoms with van der Waals surface area (Å²) in [5.74, 6) is 0. The van der Waals surface area contributed by atoms with Crippen molar-refractivity contribution < 1.29 is 18.5 Å². The molecule has 0 heterocycles. The largest absolute Gasteiger partial charge is 0.694 e. The number of rotatable bonds is 4. The summed E-state index contributed by atoms with van der Waals surface area (Å²) in [4.78, 5) is 8.36. The van der Waals surface area contributed by atoms with Crippen LogP contribution in [-0.2, 0) is 9.09 Å². The predicted molar refractivity (Wildman–Crippen MR) is 46.5 cm³/mol. The van der Waals surface area contributed by atoms with Gasteiger partial charge in [-0.2, -0.15) is 0 Å². The third kappa shape index (κ3) is 5.70. The second-order valence-corrected chi connectivity index (χ2v) is 4.88. The van der Waals surface area contributed by atoms with Crippen molar-refractivity contribution in [3.05, 3.63) is 0 Å². The van der Waals surface area contributed by atoms with Gasteiger partial charge >= 0.3 is 8.25 Å². The Hall–Kier alpha value is 0.460. The van der Waals surface area contributed by atoms with E-state index in [-0.39, 0.29) is 11.6 Å². The molecule has 0 amide bonds. The molecule has 0 saturated heterocycles. The van der Waals surface area contributed by atoms with E-state index in [9.17, 15) is 4.57 Å². The van der Waals surface area contributed by atoms with Gasteiger partial charge in [0.05, 0.1) is 21.1 Å². The maximum Gasteiger partial charge on any atom is 0.694 e. The molecule has 6 heteroatoms. The Kier molecular flexibility index (Phi) is 4.66. The van der Waals surface area contributed by atoms with Crippen LogP contribution in [-0.4, -0.2) is 42.1 Å². The van der Waals surface area contributed by atoms with Gasteiger partial charge in [-0.15, -0.1) is 9.42 Å². The molecule has 0 saturated carbocycles. The van der Waals surface area contributed by atoms with E-state index in [1.165, 1.54) is 0 Å². The minimum Gasteiger partial charge on any atom is -0.318 e. The summed E-state index contributed by atoms with van der Waals surface area (Å²) >= 11 is 3.33. The molecule has 0 aliphatic heterocycles. The third-order valence-electron chi connectivity index (χ3n) is 1.16. The summed E-state index contributed by atoms with van der Waals surface area (Å²) in [6, 6.07) is 0. The average Bonchev–Trinajstić information content (AvgIpc) is 1.80. The summed E-state index contributed by atoms with van der Waals surface area (Å²) in [6.07, 6.45) is 0. The number of hydrogen-bond donors (Lipinski definition) is 1. The lowest BCUT2D eigenvalue weighted by atomic mass is 10.5. The van der Waals surface area contributed by atoms with Crippen LogP contribution in [0.1, 0.15) is 0 Å². The van der Waals surface area contributed by atoms with Gasteiger partial charge in [0.25, 0.3) is 0 Å². The van der Waals surface area contributed by atoms with E-state index in [4.69, 9.17) is 4.89 Å². The Morgan fingerprint density at radius 1 is 1.64 bits per heavy atom. The molecule has 0 fully saturated rings. The summed E-state index contributed by atoms with van der Waals surface area (Å²) in [6.45, 7) is 0.231. The third-order valence-corrected chi connectivity index (χ3v) is 3.03. The van der Waals surface area contributed by atoms with Gasteiger partial charge < -0.3 is 4.48 Å². The fraction of sp³-hybridized carbons (Fsp3) is 1.00. The minimum atomic E-state index is -2.47. The van der Waals surface area contributed by atoms with Gasteiger partial charge in [-0.05, 0) is 15.9 Å². The van der Waals surface area contributed by atoms with E-state index < -0.39 is 8.25 Å². The molecule has 0 bridgehead atoms. The molecule has 0 spiro atoms. The highest BCUT2D eigenvalue weighted by Crippen LogP contribution is 2.19. The predicted octanol–water partition coefficient (Wildman–Crippen LogP) is 1.08. The number of alkyl halides is 1. The minimum absolute atomic E-state index is 0.0357. The molecule has 11 heavy (non-hydrogen) atoms. The van der Waals surface area contributed by atoms with Crippen LogP contribution in [0.25, 0.3) is 0 Å². The van der Waals surface area contributed by atoms with E-state index >= 15 is 0 Å². The highest BCUT2D eigenvalue weighted by molar-refractivity contribution is 9.09. The standard InChI is InChI=1S/C5H12BrNO3P/c1-7(2,3)5(6)4-10-11(8)9/h5H,4H2,1-3H3/q+1/p+1. The topological polar surface area (TPSA) is 46.5 Å². The van der Waals surface area contributed by atoms with Crippen LogP contribution in [0.5, 0.6) is 0 Å². The van der Waals surface area contributed by atoms with Crippen LogP contribution in [0.3, 0.4) is 0 Å². The zero-order valence-electron chi connectivity index (χ0n) is 6.82. The zero-order chi connectivity index (χ0) is 9.07. The van der Waals surface area contributed by atoms with Crippen molar-refractivity contribution in [3.8, 4) is 0 Å². The van der Waals surface area contributed by atoms with E-state index in [1.54, 1.807) is 0 Å². The highest BCUT2D eigenvalue weighted by Gasteiger charge is 2.25. The molecular weight excluding hydrogens is 233 g/mol. The number of halogens is 1. The Morgan fingerprint density at radius 2 is 2.09 bits per heavy atom. The van der Waals surface area contributed by atoms with E-state index in [1.807, 2.05) is 21.1 Å². The summed E-state index contributed by atoms with van der Waals surface area (Å²) < 4.78 is 15.3. The molecule has 0 aromatic carbocycles. The lowest BCUT2D eigenvalue weighted by Crippen LogP contribution is -2.43. The van der Waals surface area contributed by atoms with E-state index in [0.717, 1.165) is 0 Å². The van der Waals surface area contributed by atoms with Crippen LogP contribution < -0.4 is 0 Å². The molecule has 0 rings (SSSR count). The van der Waals surface area contributed by atoms with Gasteiger partial charge in [0.2, 0.25) is 0 Å². The van der Waals surface area contributed by atoms with Crippen LogP contribution >= 0.6 is 24.2 Å². The summed E-state index contributed by atoms with van der Waals surface area (Å²) in [7, 11) is 3.43. The highest BCUT2D eigenvalue weighted by atomic mass is 79.9. The molecule has 0 radical (unpaired) electrons. The molecular formula is C5H13BrNO3P+2. The van der Waals surface area contributed by atoms with Crippen molar-refractivity contribution in [2.24, 2.45) is 0 Å². The Balaban J connectivity index is 3.70. The van der Waals surface area contributed by atoms with Gasteiger partial charge in [-0.1, -0.05) is 0 Å². The molecule has 66 valence electrons. The number of quaternary nitrogens is 1. The molecule has 2 atom stereocenters. The van der Waals surface area contributed by atoms with Gasteiger partial charge in [-0.25, -0.2) is 0 Å². The maximum atomic E-state index is 10.1. The quantitative estimate of drug-likeness (QED) is 0.349. The van der Waals surface area contributed by atoms with Gasteiger partial charge in [-0.3, -0.25) is 0 Å². The molecule has 2 unspecified atom stereocenters. The number of nitrogens with zero attached hydrogens (tertiary/aromatic N) is 1. The van der Waals surface area contributed by atoms with Crippen LogP contribution in [0.4, 0.5) is 0 Å². The van der Waals surface area contributed by atoms with Crippen molar-refractivity contribution >= 4 is 24.2 Å². The molecule has 0 aromatic heterocycles. The van der Waals surface area contributed by atoms with E-state index in [2.05, 4.69) is 20.5 Å². The van der Waals surface area contributed by atoms with Crippen LogP contribution in [0.2, 0.25) is 0 Å². The first-order chi connectivity index (χ1) is 4.84. The average molecular weight is 246 g/mol. The first kappa shape index (κ1) is 11.5. The number of likely N-dealkylation sites (N-methyl/N-ethyl adjacent to an activating group) is 1. The summed E-state index contributed by atoms with van der Waals surface area (Å²) in [5.41, 5.74) is 0. The van der Waals surface area contributed by atoms with Gasteiger partial charge in [0.1, 0.15) is 0 Å². The second kappa shape index (κ2) is 4.48. The first-order valence-electron chi connectivity index (χ1n) is 3.08. The van der Waals surface area contributed by atoms with E-state index in [0.29, 0.717) is 4.48 Å². The summed E-state index contributed by atoms with van der Waals surface area (Å²) in [5, 5.41) is 0. The second-order valence-electron chi connectivity index (χ2n) is 3.08. The van der Waals surface area contributed by atoms with Gasteiger partial charge in [0.15, 0.2) is 11.6 Å². The monoisotopic (exact) mass is 245 g/mol. The maximum absolute atomic E-state index is 10.1. The molecule has 0 aliphatic rings. The first-order valence-corrected chi connectivity index (χ1v) is 5.13. The van der Waals surface area contributed by atoms with Crippen molar-refractivity contribution in [1.82, 2.24) is 0 Å². The Labute approximate surface area is 75.8 Å². The molecule has 4 nitrogen and oxygen atoms in total. The zero-order valence-corrected chi connectivity index (χ0v) is 9.30. The fourth-order valence-electron chi connectivity index (χ4n) is 0.349. The van der Waals surface area contributed by atoms with Crippen molar-refractivity contribution in [2.45, 2.75) is 4.95 Å².